The fourth-order valence-electron chi connectivity index (χ4n) is 2.98. The van der Waals surface area contributed by atoms with Crippen LogP contribution in [0.2, 0.25) is 0 Å². The Morgan fingerprint density at radius 1 is 1.32 bits per heavy atom. The van der Waals surface area contributed by atoms with Gasteiger partial charge in [-0.05, 0) is 64.9 Å². The van der Waals surface area contributed by atoms with Crippen molar-refractivity contribution in [1.82, 2.24) is 0 Å². The molecule has 0 aromatic carbocycles. The largest absolute Gasteiger partial charge is 0.373 e. The van der Waals surface area contributed by atoms with Crippen molar-refractivity contribution in [1.29, 1.82) is 0 Å². The van der Waals surface area contributed by atoms with Crippen molar-refractivity contribution in [3.63, 3.8) is 0 Å². The number of ether oxygens (including phenoxy) is 1. The van der Waals surface area contributed by atoms with Crippen molar-refractivity contribution in [2.45, 2.75) is 58.1 Å². The molecule has 1 aliphatic carbocycles. The van der Waals surface area contributed by atoms with Crippen LogP contribution in [0.25, 0.3) is 0 Å². The van der Waals surface area contributed by atoms with Crippen LogP contribution in [0.4, 0.5) is 0 Å². The summed E-state index contributed by atoms with van der Waals surface area (Å²) < 4.78 is 7.28. The van der Waals surface area contributed by atoms with Crippen molar-refractivity contribution >= 4 is 27.3 Å². The van der Waals surface area contributed by atoms with Crippen molar-refractivity contribution in [2.75, 3.05) is 6.61 Å². The number of thiophene rings is 1. The maximum atomic E-state index is 6.58. The summed E-state index contributed by atoms with van der Waals surface area (Å²) >= 11 is 5.30. The number of nitrogens with two attached hydrogens (primary N) is 1. The number of halogens is 1. The zero-order chi connectivity index (χ0) is 14.1. The lowest BCUT2D eigenvalue weighted by atomic mass is 9.68. The summed E-state index contributed by atoms with van der Waals surface area (Å²) in [5.41, 5.74) is 8.01. The molecular formula is C15H24BrNOS. The zero-order valence-corrected chi connectivity index (χ0v) is 14.4. The highest BCUT2D eigenvalue weighted by molar-refractivity contribution is 9.10. The summed E-state index contributed by atoms with van der Waals surface area (Å²) in [6, 6.07) is -0.0378. The van der Waals surface area contributed by atoms with Gasteiger partial charge in [-0.25, -0.2) is 0 Å². The number of rotatable bonds is 4. The third-order valence-corrected chi connectivity index (χ3v) is 6.18. The summed E-state index contributed by atoms with van der Waals surface area (Å²) in [7, 11) is 0. The van der Waals surface area contributed by atoms with E-state index in [1.807, 2.05) is 0 Å². The molecule has 4 heteroatoms. The Kier molecular flexibility index (Phi) is 4.76. The third kappa shape index (κ3) is 3.23. The molecule has 0 radical (unpaired) electrons. The Hall–Kier alpha value is 0.100. The standard InChI is InChI=1S/C15H24BrNOS/c1-4-18-15(7-5-14(2,3)6-8-15)13(17)11-9-19-10-12(11)16/h9-10,13H,4-8,17H2,1-3H3. The van der Waals surface area contributed by atoms with Gasteiger partial charge in [0.15, 0.2) is 0 Å². The maximum Gasteiger partial charge on any atom is 0.0875 e. The van der Waals surface area contributed by atoms with E-state index in [1.165, 1.54) is 18.4 Å². The van der Waals surface area contributed by atoms with Crippen LogP contribution in [0.1, 0.15) is 58.1 Å². The second-order valence-corrected chi connectivity index (χ2v) is 7.91. The molecule has 0 spiro atoms. The number of hydrogen-bond acceptors (Lipinski definition) is 3. The van der Waals surface area contributed by atoms with E-state index in [1.54, 1.807) is 11.3 Å². The molecule has 0 saturated heterocycles. The summed E-state index contributed by atoms with van der Waals surface area (Å²) in [4.78, 5) is 0. The van der Waals surface area contributed by atoms with Crippen molar-refractivity contribution in [3.8, 4) is 0 Å². The fraction of sp³-hybridized carbons (Fsp3) is 0.733. The summed E-state index contributed by atoms with van der Waals surface area (Å²) in [6.45, 7) is 7.48. The molecule has 0 bridgehead atoms. The van der Waals surface area contributed by atoms with Gasteiger partial charge in [-0.3, -0.25) is 0 Å². The third-order valence-electron chi connectivity index (χ3n) is 4.43. The van der Waals surface area contributed by atoms with Crippen LogP contribution >= 0.6 is 27.3 Å². The maximum absolute atomic E-state index is 6.58. The lowest BCUT2D eigenvalue weighted by Crippen LogP contribution is -2.48. The van der Waals surface area contributed by atoms with E-state index in [4.69, 9.17) is 10.5 Å². The molecule has 108 valence electrons. The lowest BCUT2D eigenvalue weighted by Gasteiger charge is -2.46. The molecule has 1 heterocycles. The molecule has 1 saturated carbocycles. The first kappa shape index (κ1) is 15.5. The fourth-order valence-corrected chi connectivity index (χ4v) is 4.56. The molecule has 19 heavy (non-hydrogen) atoms. The molecule has 0 amide bonds. The van der Waals surface area contributed by atoms with E-state index in [9.17, 15) is 0 Å². The van der Waals surface area contributed by atoms with Crippen molar-refractivity contribution < 1.29 is 4.74 Å². The van der Waals surface area contributed by atoms with Crippen LogP contribution < -0.4 is 5.73 Å². The SMILES string of the molecule is CCOC1(C(N)c2cscc2Br)CCC(C)(C)CC1. The van der Waals surface area contributed by atoms with Gasteiger partial charge >= 0.3 is 0 Å². The first-order chi connectivity index (χ1) is 8.90. The molecule has 1 unspecified atom stereocenters. The first-order valence-corrected chi connectivity index (χ1v) is 8.75. The summed E-state index contributed by atoms with van der Waals surface area (Å²) in [5, 5.41) is 4.25. The van der Waals surface area contributed by atoms with Gasteiger partial charge in [0, 0.05) is 16.5 Å². The normalized spacial score (nSPS) is 23.2. The molecule has 2 rings (SSSR count). The molecule has 1 aromatic rings. The predicted octanol–water partition coefficient (Wildman–Crippen LogP) is 4.89. The van der Waals surface area contributed by atoms with Crippen LogP contribution in [0.3, 0.4) is 0 Å². The molecule has 1 aromatic heterocycles. The van der Waals surface area contributed by atoms with Gasteiger partial charge in [0.05, 0.1) is 11.6 Å². The Morgan fingerprint density at radius 3 is 2.42 bits per heavy atom. The average Bonchev–Trinajstić information content (AvgIpc) is 2.78. The smallest absolute Gasteiger partial charge is 0.0875 e. The Morgan fingerprint density at radius 2 is 1.95 bits per heavy atom. The van der Waals surface area contributed by atoms with E-state index >= 15 is 0 Å². The predicted molar refractivity (Wildman–Crippen MR) is 85.6 cm³/mol. The van der Waals surface area contributed by atoms with Gasteiger partial charge in [0.25, 0.3) is 0 Å². The Labute approximate surface area is 128 Å². The minimum Gasteiger partial charge on any atom is -0.373 e. The molecule has 0 aliphatic heterocycles. The minimum absolute atomic E-state index is 0.0378. The van der Waals surface area contributed by atoms with Gasteiger partial charge in [0.1, 0.15) is 0 Å². The van der Waals surface area contributed by atoms with E-state index in [0.29, 0.717) is 5.41 Å². The molecular weight excluding hydrogens is 322 g/mol. The van der Waals surface area contributed by atoms with Crippen LogP contribution in [0.5, 0.6) is 0 Å². The summed E-state index contributed by atoms with van der Waals surface area (Å²) in [5.74, 6) is 0. The van der Waals surface area contributed by atoms with E-state index in [2.05, 4.69) is 47.5 Å². The zero-order valence-electron chi connectivity index (χ0n) is 12.0. The lowest BCUT2D eigenvalue weighted by molar-refractivity contribution is -0.100. The molecule has 1 atom stereocenters. The van der Waals surface area contributed by atoms with E-state index in [-0.39, 0.29) is 11.6 Å². The van der Waals surface area contributed by atoms with E-state index < -0.39 is 0 Å². The van der Waals surface area contributed by atoms with Gasteiger partial charge in [0.2, 0.25) is 0 Å². The first-order valence-electron chi connectivity index (χ1n) is 7.01. The van der Waals surface area contributed by atoms with E-state index in [0.717, 1.165) is 23.9 Å². The van der Waals surface area contributed by atoms with Crippen LogP contribution in [-0.2, 0) is 4.74 Å². The Bertz CT molecular complexity index is 420. The quantitative estimate of drug-likeness (QED) is 0.843. The average molecular weight is 346 g/mol. The van der Waals surface area contributed by atoms with Gasteiger partial charge in [-0.1, -0.05) is 13.8 Å². The molecule has 2 N–H and O–H groups in total. The topological polar surface area (TPSA) is 35.2 Å². The minimum atomic E-state index is -0.187. The summed E-state index contributed by atoms with van der Waals surface area (Å²) in [6.07, 6.45) is 4.47. The molecule has 2 nitrogen and oxygen atoms in total. The second-order valence-electron chi connectivity index (χ2n) is 6.31. The highest BCUT2D eigenvalue weighted by atomic mass is 79.9. The van der Waals surface area contributed by atoms with Gasteiger partial charge in [-0.2, -0.15) is 11.3 Å². The highest BCUT2D eigenvalue weighted by Crippen LogP contribution is 2.48. The van der Waals surface area contributed by atoms with Crippen LogP contribution in [0.15, 0.2) is 15.2 Å². The van der Waals surface area contributed by atoms with Crippen molar-refractivity contribution in [3.05, 3.63) is 20.8 Å². The number of hydrogen-bond donors (Lipinski definition) is 1. The second kappa shape index (κ2) is 5.84. The molecule has 1 aliphatic rings. The Balaban J connectivity index is 2.23. The van der Waals surface area contributed by atoms with Crippen LogP contribution in [-0.4, -0.2) is 12.2 Å². The van der Waals surface area contributed by atoms with Crippen molar-refractivity contribution in [2.24, 2.45) is 11.1 Å². The van der Waals surface area contributed by atoms with Gasteiger partial charge in [-0.15, -0.1) is 0 Å². The van der Waals surface area contributed by atoms with Gasteiger partial charge < -0.3 is 10.5 Å². The monoisotopic (exact) mass is 345 g/mol. The highest BCUT2D eigenvalue weighted by Gasteiger charge is 2.44. The molecule has 1 fully saturated rings. The van der Waals surface area contributed by atoms with Crippen LogP contribution in [0, 0.1) is 5.41 Å².